The highest BCUT2D eigenvalue weighted by Crippen LogP contribution is 2.32. The number of carbonyl (C=O) groups excluding carboxylic acids is 1. The summed E-state index contributed by atoms with van der Waals surface area (Å²) in [5.74, 6) is 0. The van der Waals surface area contributed by atoms with Crippen LogP contribution < -0.4 is 19.7 Å². The number of rotatable bonds is 5. The van der Waals surface area contributed by atoms with Crippen molar-refractivity contribution in [3.8, 4) is 0 Å². The molecule has 1 amide bonds. The van der Waals surface area contributed by atoms with E-state index in [1.807, 2.05) is 75.4 Å². The highest BCUT2D eigenvalue weighted by Gasteiger charge is 2.32. The van der Waals surface area contributed by atoms with Crippen molar-refractivity contribution in [2.75, 3.05) is 21.7 Å². The second-order valence-electron chi connectivity index (χ2n) is 13.1. The summed E-state index contributed by atoms with van der Waals surface area (Å²) in [4.78, 5) is 12.8. The Kier molecular flexibility index (Phi) is 11.0. The molecule has 2 unspecified atom stereocenters. The average Bonchev–Trinajstić information content (AvgIpc) is 3.36. The van der Waals surface area contributed by atoms with Gasteiger partial charge >= 0.3 is 6.09 Å². The first kappa shape index (κ1) is 35.9. The molecule has 260 valence electrons. The van der Waals surface area contributed by atoms with Crippen molar-refractivity contribution in [1.29, 1.82) is 0 Å². The minimum Gasteiger partial charge on any atom is -0.444 e. The predicted octanol–water partition coefficient (Wildman–Crippen LogP) is 5.88. The molecule has 4 aromatic carbocycles. The topological polar surface area (TPSA) is 139 Å². The third-order valence-electron chi connectivity index (χ3n) is 8.24. The van der Waals surface area contributed by atoms with Crippen LogP contribution >= 0.6 is 0 Å². The lowest BCUT2D eigenvalue weighted by Crippen LogP contribution is -2.41. The number of alkyl carbamates (subject to hydrolysis) is 1. The number of benzene rings is 4. The van der Waals surface area contributed by atoms with Gasteiger partial charge in [0, 0.05) is 25.2 Å². The number of carbonyl (C=O) groups is 1. The molecule has 0 fully saturated rings. The number of anilines is 2. The van der Waals surface area contributed by atoms with Gasteiger partial charge in [-0.05, 0) is 94.0 Å². The molecule has 10 nitrogen and oxygen atoms in total. The first-order valence-electron chi connectivity index (χ1n) is 16.3. The second kappa shape index (κ2) is 15.0. The zero-order valence-electron chi connectivity index (χ0n) is 28.0. The van der Waals surface area contributed by atoms with E-state index in [9.17, 15) is 21.6 Å². The van der Waals surface area contributed by atoms with E-state index in [2.05, 4.69) is 5.32 Å². The van der Waals surface area contributed by atoms with Crippen molar-refractivity contribution in [2.45, 2.75) is 73.9 Å². The molecule has 4 aromatic rings. The quantitative estimate of drug-likeness (QED) is 0.265. The Labute approximate surface area is 290 Å². The monoisotopic (exact) mass is 704 g/mol. The molecule has 2 heterocycles. The van der Waals surface area contributed by atoms with Crippen LogP contribution in [0.15, 0.2) is 119 Å². The van der Waals surface area contributed by atoms with E-state index in [1.165, 1.54) is 8.61 Å². The van der Waals surface area contributed by atoms with Crippen LogP contribution in [0.25, 0.3) is 0 Å². The molecule has 0 saturated carbocycles. The number of nitrogens with zero attached hydrogens (tertiary/aromatic N) is 2. The van der Waals surface area contributed by atoms with Gasteiger partial charge < -0.3 is 15.8 Å². The number of fused-ring (bicyclic) bond motifs is 2. The van der Waals surface area contributed by atoms with Crippen LogP contribution in [0.4, 0.5) is 16.2 Å². The largest absolute Gasteiger partial charge is 0.444 e. The van der Waals surface area contributed by atoms with Crippen molar-refractivity contribution in [1.82, 2.24) is 5.32 Å². The Bertz CT molecular complexity index is 1950. The van der Waals surface area contributed by atoms with Crippen LogP contribution in [0, 0.1) is 0 Å². The molecular weight excluding hydrogens is 661 g/mol. The zero-order chi connectivity index (χ0) is 35.2. The summed E-state index contributed by atoms with van der Waals surface area (Å²) >= 11 is 0. The lowest BCUT2D eigenvalue weighted by Gasteiger charge is -2.25. The smallest absolute Gasteiger partial charge is 0.407 e. The lowest BCUT2D eigenvalue weighted by molar-refractivity contribution is 0.0503. The fourth-order valence-electron chi connectivity index (χ4n) is 5.94. The fraction of sp³-hybridized carbons (Fsp3) is 0.324. The third kappa shape index (κ3) is 8.80. The van der Waals surface area contributed by atoms with Gasteiger partial charge in [0.05, 0.1) is 21.2 Å². The standard InChI is InChI=1S/C21H26N2O4S.C16H18N2O2S/c1-21(2,3)27-20(24)22-17-13-14-23(19-12-8-7-9-16(19)15-17)28(25,26)18-10-5-4-6-11-18;17-14-10-11-18(16-9-5-4-6-13(16)12-14)21(19,20)15-7-2-1-3-8-15/h4-12,17H,13-15H2,1-3H3,(H,22,24);1-9,14H,10-12,17H2. The van der Waals surface area contributed by atoms with Gasteiger partial charge in [0.15, 0.2) is 0 Å². The van der Waals surface area contributed by atoms with Crippen molar-refractivity contribution in [3.63, 3.8) is 0 Å². The van der Waals surface area contributed by atoms with E-state index in [0.717, 1.165) is 16.8 Å². The van der Waals surface area contributed by atoms with Crippen molar-refractivity contribution >= 4 is 37.5 Å². The van der Waals surface area contributed by atoms with Gasteiger partial charge in [-0.15, -0.1) is 0 Å². The van der Waals surface area contributed by atoms with E-state index >= 15 is 0 Å². The van der Waals surface area contributed by atoms with E-state index in [0.29, 0.717) is 42.8 Å². The van der Waals surface area contributed by atoms with Gasteiger partial charge in [0.2, 0.25) is 0 Å². The number of nitrogens with two attached hydrogens (primary N) is 1. The Morgan fingerprint density at radius 3 is 1.59 bits per heavy atom. The molecule has 0 aromatic heterocycles. The SMILES string of the molecule is CC(C)(C)OC(=O)NC1CCN(S(=O)(=O)c2ccccc2)c2ccccc2C1.NC1CCN(S(=O)(=O)c2ccccc2)c2ccccc2C1. The molecular formula is C37H44N4O6S2. The van der Waals surface area contributed by atoms with Crippen molar-refractivity contribution in [2.24, 2.45) is 5.73 Å². The number of hydrogen-bond donors (Lipinski definition) is 2. The first-order valence-corrected chi connectivity index (χ1v) is 19.2. The summed E-state index contributed by atoms with van der Waals surface area (Å²) in [6.45, 7) is 6.11. The van der Waals surface area contributed by atoms with Crippen LogP contribution in [-0.4, -0.2) is 53.7 Å². The molecule has 12 heteroatoms. The van der Waals surface area contributed by atoms with Crippen LogP contribution in [0.3, 0.4) is 0 Å². The van der Waals surface area contributed by atoms with E-state index < -0.39 is 31.7 Å². The fourth-order valence-corrected chi connectivity index (χ4v) is 9.02. The molecule has 2 aliphatic heterocycles. The molecule has 6 rings (SSSR count). The van der Waals surface area contributed by atoms with E-state index in [1.54, 1.807) is 54.6 Å². The van der Waals surface area contributed by atoms with Gasteiger partial charge in [0.1, 0.15) is 5.60 Å². The van der Waals surface area contributed by atoms with Gasteiger partial charge in [-0.3, -0.25) is 8.61 Å². The molecule has 0 saturated heterocycles. The Morgan fingerprint density at radius 1 is 0.673 bits per heavy atom. The van der Waals surface area contributed by atoms with Gasteiger partial charge in [-0.2, -0.15) is 0 Å². The zero-order valence-corrected chi connectivity index (χ0v) is 29.7. The highest BCUT2D eigenvalue weighted by atomic mass is 32.2. The molecule has 0 aliphatic carbocycles. The average molecular weight is 705 g/mol. The summed E-state index contributed by atoms with van der Waals surface area (Å²) in [5.41, 5.74) is 8.75. The van der Waals surface area contributed by atoms with Crippen molar-refractivity contribution in [3.05, 3.63) is 120 Å². The Hall–Kier alpha value is -4.39. The number of hydrogen-bond acceptors (Lipinski definition) is 7. The number of amides is 1. The molecule has 0 spiro atoms. The lowest BCUT2D eigenvalue weighted by atomic mass is 10.0. The molecule has 2 aliphatic rings. The van der Waals surface area contributed by atoms with Crippen LogP contribution in [0.2, 0.25) is 0 Å². The van der Waals surface area contributed by atoms with Crippen LogP contribution in [0.1, 0.15) is 44.7 Å². The minimum absolute atomic E-state index is 0.0119. The van der Waals surface area contributed by atoms with Gasteiger partial charge in [-0.1, -0.05) is 72.8 Å². The normalized spacial score (nSPS) is 18.0. The molecule has 3 N–H and O–H groups in total. The molecule has 49 heavy (non-hydrogen) atoms. The summed E-state index contributed by atoms with van der Waals surface area (Å²) in [6.07, 6.45) is 1.89. The first-order chi connectivity index (χ1) is 23.3. The van der Waals surface area contributed by atoms with E-state index in [4.69, 9.17) is 10.5 Å². The number of ether oxygens (including phenoxy) is 1. The van der Waals surface area contributed by atoms with Crippen LogP contribution in [-0.2, 0) is 37.6 Å². The van der Waals surface area contributed by atoms with Gasteiger partial charge in [-0.25, -0.2) is 21.6 Å². The van der Waals surface area contributed by atoms with Crippen LogP contribution in [0.5, 0.6) is 0 Å². The minimum atomic E-state index is -3.69. The summed E-state index contributed by atoms with van der Waals surface area (Å²) in [5, 5.41) is 2.89. The number of sulfonamides is 2. The summed E-state index contributed by atoms with van der Waals surface area (Å²) < 4.78 is 60.5. The second-order valence-corrected chi connectivity index (χ2v) is 16.9. The summed E-state index contributed by atoms with van der Waals surface area (Å²) in [7, 11) is -7.23. The van der Waals surface area contributed by atoms with E-state index in [-0.39, 0.29) is 23.5 Å². The summed E-state index contributed by atoms with van der Waals surface area (Å²) in [6, 6.07) is 31.7. The molecule has 2 atom stereocenters. The highest BCUT2D eigenvalue weighted by molar-refractivity contribution is 7.93. The maximum absolute atomic E-state index is 13.2. The number of para-hydroxylation sites is 2. The Balaban J connectivity index is 0.000000199. The predicted molar refractivity (Wildman–Crippen MR) is 193 cm³/mol. The molecule has 0 bridgehead atoms. The number of nitrogens with one attached hydrogen (secondary N) is 1. The molecule has 0 radical (unpaired) electrons. The third-order valence-corrected chi connectivity index (χ3v) is 11.9. The van der Waals surface area contributed by atoms with Gasteiger partial charge in [0.25, 0.3) is 20.0 Å². The maximum Gasteiger partial charge on any atom is 0.407 e. The Morgan fingerprint density at radius 2 is 1.10 bits per heavy atom. The maximum atomic E-state index is 13.2. The van der Waals surface area contributed by atoms with Crippen molar-refractivity contribution < 1.29 is 26.4 Å².